The van der Waals surface area contributed by atoms with Crippen LogP contribution in [0.1, 0.15) is 26.3 Å². The monoisotopic (exact) mass is 389 g/mol. The highest BCUT2D eigenvalue weighted by atomic mass is 32.2. The van der Waals surface area contributed by atoms with Gasteiger partial charge < -0.3 is 10.6 Å². The van der Waals surface area contributed by atoms with Crippen molar-refractivity contribution in [1.82, 2.24) is 5.32 Å². The summed E-state index contributed by atoms with van der Waals surface area (Å²) in [7, 11) is -3.50. The molecule has 0 aliphatic carbocycles. The van der Waals surface area contributed by atoms with Crippen LogP contribution in [0.25, 0.3) is 0 Å². The Morgan fingerprint density at radius 2 is 1.59 bits per heavy atom. The number of rotatable bonds is 6. The van der Waals surface area contributed by atoms with E-state index in [0.717, 1.165) is 5.56 Å². The first-order valence-corrected chi connectivity index (χ1v) is 10.6. The zero-order valence-corrected chi connectivity index (χ0v) is 17.0. The summed E-state index contributed by atoms with van der Waals surface area (Å²) in [6, 6.07) is 16.1. The fourth-order valence-electron chi connectivity index (χ4n) is 2.76. The van der Waals surface area contributed by atoms with Gasteiger partial charge in [0.2, 0.25) is 10.0 Å². The number of anilines is 2. The molecule has 0 saturated carbocycles. The van der Waals surface area contributed by atoms with Crippen molar-refractivity contribution < 1.29 is 13.2 Å². The lowest BCUT2D eigenvalue weighted by Gasteiger charge is -2.30. The maximum atomic E-state index is 12.4. The van der Waals surface area contributed by atoms with Crippen molar-refractivity contribution in [3.8, 4) is 0 Å². The quantitative estimate of drug-likeness (QED) is 0.793. The van der Waals surface area contributed by atoms with Gasteiger partial charge in [-0.05, 0) is 29.2 Å². The molecule has 0 aliphatic heterocycles. The average Bonchev–Trinajstić information content (AvgIpc) is 2.58. The van der Waals surface area contributed by atoms with Crippen LogP contribution in [0.5, 0.6) is 0 Å². The summed E-state index contributed by atoms with van der Waals surface area (Å²) in [5.41, 5.74) is 2.03. The molecule has 146 valence electrons. The fourth-order valence-corrected chi connectivity index (χ4v) is 3.70. The minimum atomic E-state index is -3.50. The number of benzene rings is 2. The van der Waals surface area contributed by atoms with Crippen LogP contribution in [-0.2, 0) is 15.4 Å². The van der Waals surface area contributed by atoms with Crippen LogP contribution in [0.4, 0.5) is 16.2 Å². The number of hydrogen-bond donors (Lipinski definition) is 2. The summed E-state index contributed by atoms with van der Waals surface area (Å²) in [6.45, 7) is 6.45. The molecular weight excluding hydrogens is 362 g/mol. The first-order chi connectivity index (χ1) is 12.6. The van der Waals surface area contributed by atoms with Gasteiger partial charge in [0.25, 0.3) is 0 Å². The Morgan fingerprint density at radius 1 is 1.00 bits per heavy atom. The van der Waals surface area contributed by atoms with Crippen molar-refractivity contribution >= 4 is 27.4 Å². The third kappa shape index (κ3) is 5.99. The zero-order valence-electron chi connectivity index (χ0n) is 16.2. The van der Waals surface area contributed by atoms with E-state index in [9.17, 15) is 13.2 Å². The van der Waals surface area contributed by atoms with E-state index < -0.39 is 10.0 Å². The first kappa shape index (κ1) is 20.8. The molecule has 0 atom stereocenters. The maximum Gasteiger partial charge on any atom is 0.319 e. The SMILES string of the molecule is CC(C)(C)c1ccccc1N(CCNC(=O)Nc1ccccc1)S(C)(=O)=O. The molecule has 2 aromatic carbocycles. The third-order valence-corrected chi connectivity index (χ3v) is 5.19. The number of urea groups is 1. The number of para-hydroxylation sites is 2. The van der Waals surface area contributed by atoms with Gasteiger partial charge in [0.15, 0.2) is 0 Å². The van der Waals surface area contributed by atoms with Crippen molar-refractivity contribution in [2.24, 2.45) is 0 Å². The number of nitrogens with one attached hydrogen (secondary N) is 2. The molecule has 0 bridgehead atoms. The van der Waals surface area contributed by atoms with Crippen LogP contribution in [-0.4, -0.2) is 33.8 Å². The number of amides is 2. The molecule has 6 nitrogen and oxygen atoms in total. The van der Waals surface area contributed by atoms with E-state index in [1.165, 1.54) is 10.6 Å². The molecule has 0 aliphatic rings. The van der Waals surface area contributed by atoms with E-state index in [1.807, 2.05) is 57.2 Å². The number of carbonyl (C=O) groups excluding carboxylic acids is 1. The van der Waals surface area contributed by atoms with Crippen molar-refractivity contribution in [2.45, 2.75) is 26.2 Å². The summed E-state index contributed by atoms with van der Waals surface area (Å²) in [5, 5.41) is 5.42. The van der Waals surface area contributed by atoms with Gasteiger partial charge in [-0.25, -0.2) is 13.2 Å². The second-order valence-electron chi connectivity index (χ2n) is 7.35. The molecule has 0 saturated heterocycles. The summed E-state index contributed by atoms with van der Waals surface area (Å²) in [4.78, 5) is 12.0. The van der Waals surface area contributed by atoms with Gasteiger partial charge in [-0.3, -0.25) is 4.31 Å². The lowest BCUT2D eigenvalue weighted by atomic mass is 9.86. The second-order valence-corrected chi connectivity index (χ2v) is 9.26. The molecule has 0 radical (unpaired) electrons. The number of nitrogens with zero attached hydrogens (tertiary/aromatic N) is 1. The molecule has 0 spiro atoms. The van der Waals surface area contributed by atoms with Crippen molar-refractivity contribution in [1.29, 1.82) is 0 Å². The first-order valence-electron chi connectivity index (χ1n) is 8.76. The van der Waals surface area contributed by atoms with Crippen LogP contribution in [0.15, 0.2) is 54.6 Å². The fraction of sp³-hybridized carbons (Fsp3) is 0.350. The summed E-state index contributed by atoms with van der Waals surface area (Å²) >= 11 is 0. The van der Waals surface area contributed by atoms with Gasteiger partial charge in [0, 0.05) is 12.2 Å². The summed E-state index contributed by atoms with van der Waals surface area (Å²) in [6.07, 6.45) is 1.18. The molecule has 2 N–H and O–H groups in total. The number of sulfonamides is 1. The van der Waals surface area contributed by atoms with Gasteiger partial charge in [0.1, 0.15) is 0 Å². The smallest absolute Gasteiger partial charge is 0.319 e. The van der Waals surface area contributed by atoms with E-state index >= 15 is 0 Å². The largest absolute Gasteiger partial charge is 0.336 e. The minimum absolute atomic E-state index is 0.147. The van der Waals surface area contributed by atoms with Crippen molar-refractivity contribution in [2.75, 3.05) is 29.0 Å². The Balaban J connectivity index is 2.10. The van der Waals surface area contributed by atoms with E-state index in [2.05, 4.69) is 10.6 Å². The molecule has 27 heavy (non-hydrogen) atoms. The Hall–Kier alpha value is -2.54. The maximum absolute atomic E-state index is 12.4. The Labute approximate surface area is 161 Å². The molecule has 2 aromatic rings. The topological polar surface area (TPSA) is 78.5 Å². The van der Waals surface area contributed by atoms with Crippen molar-refractivity contribution in [3.05, 3.63) is 60.2 Å². The summed E-state index contributed by atoms with van der Waals surface area (Å²) in [5.74, 6) is 0. The van der Waals surface area contributed by atoms with Crippen LogP contribution in [0.3, 0.4) is 0 Å². The lowest BCUT2D eigenvalue weighted by molar-refractivity contribution is 0.252. The Morgan fingerprint density at radius 3 is 2.19 bits per heavy atom. The second kappa shape index (κ2) is 8.43. The van der Waals surface area contributed by atoms with E-state index in [-0.39, 0.29) is 24.5 Å². The summed E-state index contributed by atoms with van der Waals surface area (Å²) < 4.78 is 26.1. The predicted molar refractivity (Wildman–Crippen MR) is 111 cm³/mol. The normalized spacial score (nSPS) is 11.7. The van der Waals surface area contributed by atoms with E-state index in [4.69, 9.17) is 0 Å². The van der Waals surface area contributed by atoms with Gasteiger partial charge in [-0.15, -0.1) is 0 Å². The van der Waals surface area contributed by atoms with Crippen LogP contribution >= 0.6 is 0 Å². The highest BCUT2D eigenvalue weighted by Gasteiger charge is 2.25. The molecule has 0 heterocycles. The van der Waals surface area contributed by atoms with E-state index in [0.29, 0.717) is 11.4 Å². The van der Waals surface area contributed by atoms with Gasteiger partial charge in [-0.1, -0.05) is 57.2 Å². The third-order valence-electron chi connectivity index (χ3n) is 4.01. The number of carbonyl (C=O) groups is 1. The molecule has 2 amide bonds. The highest BCUT2D eigenvalue weighted by molar-refractivity contribution is 7.92. The van der Waals surface area contributed by atoms with Crippen LogP contribution in [0.2, 0.25) is 0 Å². The number of hydrogen-bond acceptors (Lipinski definition) is 3. The molecule has 0 aromatic heterocycles. The van der Waals surface area contributed by atoms with Gasteiger partial charge in [0.05, 0.1) is 18.5 Å². The predicted octanol–water partition coefficient (Wildman–Crippen LogP) is 3.57. The van der Waals surface area contributed by atoms with Crippen molar-refractivity contribution in [3.63, 3.8) is 0 Å². The Kier molecular flexibility index (Phi) is 6.49. The van der Waals surface area contributed by atoms with E-state index in [1.54, 1.807) is 18.2 Å². The average molecular weight is 390 g/mol. The highest BCUT2D eigenvalue weighted by Crippen LogP contribution is 2.32. The molecule has 0 unspecified atom stereocenters. The van der Waals surface area contributed by atoms with Gasteiger partial charge in [-0.2, -0.15) is 0 Å². The minimum Gasteiger partial charge on any atom is -0.336 e. The molecule has 0 fully saturated rings. The molecule has 7 heteroatoms. The van der Waals surface area contributed by atoms with Crippen LogP contribution < -0.4 is 14.9 Å². The Bertz CT molecular complexity index is 875. The molecular formula is C20H27N3O3S. The standard InChI is InChI=1S/C20H27N3O3S/c1-20(2,3)17-12-8-9-13-18(17)23(27(4,25)26)15-14-21-19(24)22-16-10-6-5-7-11-16/h5-13H,14-15H2,1-4H3,(H2,21,22,24). The molecule has 2 rings (SSSR count). The van der Waals surface area contributed by atoms with Crippen LogP contribution in [0, 0.1) is 0 Å². The van der Waals surface area contributed by atoms with Gasteiger partial charge >= 0.3 is 6.03 Å². The zero-order chi connectivity index (χ0) is 20.1. The lowest BCUT2D eigenvalue weighted by Crippen LogP contribution is -2.40.